The fourth-order valence-corrected chi connectivity index (χ4v) is 2.83. The molecule has 0 spiro atoms. The van der Waals surface area contributed by atoms with Gasteiger partial charge in [-0.25, -0.2) is 0 Å². The summed E-state index contributed by atoms with van der Waals surface area (Å²) in [6, 6.07) is -0.374. The van der Waals surface area contributed by atoms with Crippen LogP contribution in [0.25, 0.3) is 0 Å². The van der Waals surface area contributed by atoms with E-state index in [1.54, 1.807) is 6.08 Å². The fraction of sp³-hybridized carbons (Fsp3) is 0.750. The van der Waals surface area contributed by atoms with E-state index < -0.39 is 6.10 Å². The van der Waals surface area contributed by atoms with Crippen molar-refractivity contribution in [3.63, 3.8) is 0 Å². The van der Waals surface area contributed by atoms with Gasteiger partial charge >= 0.3 is 0 Å². The first-order valence-corrected chi connectivity index (χ1v) is 8.23. The second kappa shape index (κ2) is 9.00. The van der Waals surface area contributed by atoms with Crippen LogP contribution in [0, 0.1) is 5.92 Å². The Morgan fingerprint density at radius 1 is 1.26 bits per heavy atom. The van der Waals surface area contributed by atoms with Crippen molar-refractivity contribution in [3.8, 4) is 0 Å². The maximum absolute atomic E-state index is 12.3. The molecule has 2 rings (SSSR count). The molecule has 0 unspecified atom stereocenters. The zero-order chi connectivity index (χ0) is 16.7. The van der Waals surface area contributed by atoms with Crippen LogP contribution < -0.4 is 10.6 Å². The highest BCUT2D eigenvalue weighted by Crippen LogP contribution is 2.19. The minimum Gasteiger partial charge on any atom is -0.394 e. The Bertz CT molecular complexity index is 434. The van der Waals surface area contributed by atoms with E-state index in [9.17, 15) is 14.7 Å². The maximum Gasteiger partial charge on any atom is 0.223 e. The zero-order valence-corrected chi connectivity index (χ0v) is 13.5. The van der Waals surface area contributed by atoms with Crippen LogP contribution >= 0.6 is 0 Å². The minimum atomic E-state index is -0.539. The van der Waals surface area contributed by atoms with Gasteiger partial charge in [0.05, 0.1) is 25.2 Å². The number of carbonyl (C=O) groups is 2. The molecule has 0 aromatic heterocycles. The van der Waals surface area contributed by atoms with Gasteiger partial charge in [0.1, 0.15) is 6.10 Å². The Morgan fingerprint density at radius 2 is 2.00 bits per heavy atom. The second-order valence-electron chi connectivity index (χ2n) is 5.86. The van der Waals surface area contributed by atoms with Gasteiger partial charge in [-0.2, -0.15) is 0 Å². The molecule has 2 amide bonds. The molecule has 2 aliphatic heterocycles. The minimum absolute atomic E-state index is 0.0350. The SMILES string of the molecule is CCNC(=O)C[C@@H]1C=C[C@H](NC(=O)C2CCOCC2)[C@H](CO)O1. The third kappa shape index (κ3) is 5.30. The summed E-state index contributed by atoms with van der Waals surface area (Å²) in [5.74, 6) is -0.180. The summed E-state index contributed by atoms with van der Waals surface area (Å²) in [5, 5.41) is 15.1. The Hall–Kier alpha value is -1.44. The lowest BCUT2D eigenvalue weighted by Crippen LogP contribution is -2.50. The topological polar surface area (TPSA) is 96.9 Å². The number of ether oxygens (including phenoxy) is 2. The van der Waals surface area contributed by atoms with Crippen LogP contribution in [-0.2, 0) is 19.1 Å². The van der Waals surface area contributed by atoms with Crippen molar-refractivity contribution >= 4 is 11.8 Å². The van der Waals surface area contributed by atoms with Crippen LogP contribution in [-0.4, -0.2) is 61.5 Å². The van der Waals surface area contributed by atoms with Crippen molar-refractivity contribution in [1.29, 1.82) is 0 Å². The van der Waals surface area contributed by atoms with Gasteiger partial charge in [-0.3, -0.25) is 9.59 Å². The average molecular weight is 326 g/mol. The summed E-state index contributed by atoms with van der Waals surface area (Å²) < 4.78 is 11.0. The normalized spacial score (nSPS) is 28.3. The molecular weight excluding hydrogens is 300 g/mol. The van der Waals surface area contributed by atoms with E-state index in [0.29, 0.717) is 32.6 Å². The summed E-state index contributed by atoms with van der Waals surface area (Å²) in [5.41, 5.74) is 0. The highest BCUT2D eigenvalue weighted by molar-refractivity contribution is 5.79. The third-order valence-corrected chi connectivity index (χ3v) is 4.12. The number of aliphatic hydroxyl groups excluding tert-OH is 1. The summed E-state index contributed by atoms with van der Waals surface area (Å²) in [4.78, 5) is 23.9. The lowest BCUT2D eigenvalue weighted by Gasteiger charge is -2.33. The summed E-state index contributed by atoms with van der Waals surface area (Å²) in [6.45, 7) is 3.42. The fourth-order valence-electron chi connectivity index (χ4n) is 2.83. The lowest BCUT2D eigenvalue weighted by molar-refractivity contribution is -0.132. The Kier molecular flexibility index (Phi) is 7.01. The summed E-state index contributed by atoms with van der Waals surface area (Å²) in [7, 11) is 0. The lowest BCUT2D eigenvalue weighted by atomic mass is 9.97. The molecule has 7 heteroatoms. The molecule has 2 heterocycles. The van der Waals surface area contributed by atoms with Crippen LogP contribution in [0.3, 0.4) is 0 Å². The first kappa shape index (κ1) is 17.9. The van der Waals surface area contributed by atoms with Crippen LogP contribution in [0.2, 0.25) is 0 Å². The highest BCUT2D eigenvalue weighted by atomic mass is 16.5. The van der Waals surface area contributed by atoms with Gasteiger partial charge in [-0.05, 0) is 19.8 Å². The van der Waals surface area contributed by atoms with Gasteiger partial charge in [-0.1, -0.05) is 12.2 Å². The van der Waals surface area contributed by atoms with E-state index in [0.717, 1.165) is 0 Å². The molecule has 0 aromatic rings. The largest absolute Gasteiger partial charge is 0.394 e. The Balaban J connectivity index is 1.88. The molecule has 3 N–H and O–H groups in total. The first-order valence-electron chi connectivity index (χ1n) is 8.23. The predicted molar refractivity (Wildman–Crippen MR) is 83.7 cm³/mol. The van der Waals surface area contributed by atoms with Crippen LogP contribution in [0.4, 0.5) is 0 Å². The number of rotatable bonds is 6. The van der Waals surface area contributed by atoms with Crippen molar-refractivity contribution in [3.05, 3.63) is 12.2 Å². The van der Waals surface area contributed by atoms with Crippen LogP contribution in [0.1, 0.15) is 26.2 Å². The van der Waals surface area contributed by atoms with E-state index in [-0.39, 0.29) is 42.9 Å². The number of amides is 2. The van der Waals surface area contributed by atoms with Crippen molar-refractivity contribution < 1.29 is 24.2 Å². The molecule has 7 nitrogen and oxygen atoms in total. The molecule has 130 valence electrons. The Morgan fingerprint density at radius 3 is 2.65 bits per heavy atom. The molecule has 0 saturated carbocycles. The molecular formula is C16H26N2O5. The number of nitrogens with one attached hydrogen (secondary N) is 2. The van der Waals surface area contributed by atoms with Crippen LogP contribution in [0.5, 0.6) is 0 Å². The first-order chi connectivity index (χ1) is 11.1. The second-order valence-corrected chi connectivity index (χ2v) is 5.86. The highest BCUT2D eigenvalue weighted by Gasteiger charge is 2.31. The number of hydrogen-bond donors (Lipinski definition) is 3. The van der Waals surface area contributed by atoms with Crippen molar-refractivity contribution in [2.75, 3.05) is 26.4 Å². The molecule has 0 bridgehead atoms. The van der Waals surface area contributed by atoms with Gasteiger partial charge in [0.2, 0.25) is 11.8 Å². The monoisotopic (exact) mass is 326 g/mol. The number of aliphatic hydroxyl groups is 1. The zero-order valence-electron chi connectivity index (χ0n) is 13.5. The van der Waals surface area contributed by atoms with E-state index in [4.69, 9.17) is 9.47 Å². The molecule has 0 aliphatic carbocycles. The smallest absolute Gasteiger partial charge is 0.223 e. The molecule has 0 aromatic carbocycles. The van der Waals surface area contributed by atoms with Gasteiger partial charge in [-0.15, -0.1) is 0 Å². The predicted octanol–water partition coefficient (Wildman–Crippen LogP) is -0.260. The molecule has 2 aliphatic rings. The van der Waals surface area contributed by atoms with E-state index in [1.165, 1.54) is 0 Å². The van der Waals surface area contributed by atoms with Crippen molar-refractivity contribution in [1.82, 2.24) is 10.6 Å². The van der Waals surface area contributed by atoms with Crippen molar-refractivity contribution in [2.45, 2.75) is 44.4 Å². The number of hydrogen-bond acceptors (Lipinski definition) is 5. The summed E-state index contributed by atoms with van der Waals surface area (Å²) >= 11 is 0. The molecule has 0 radical (unpaired) electrons. The van der Waals surface area contributed by atoms with Gasteiger partial charge in [0, 0.05) is 25.7 Å². The maximum atomic E-state index is 12.3. The molecule has 3 atom stereocenters. The van der Waals surface area contributed by atoms with Gasteiger partial charge in [0.25, 0.3) is 0 Å². The Labute approximate surface area is 136 Å². The molecule has 23 heavy (non-hydrogen) atoms. The van der Waals surface area contributed by atoms with E-state index in [2.05, 4.69) is 10.6 Å². The van der Waals surface area contributed by atoms with Gasteiger partial charge in [0.15, 0.2) is 0 Å². The quantitative estimate of drug-likeness (QED) is 0.584. The molecule has 1 saturated heterocycles. The standard InChI is InChI=1S/C16H26N2O5/c1-2-17-15(20)9-12-3-4-13(14(10-19)23-12)18-16(21)11-5-7-22-8-6-11/h3-4,11-14,19H,2,5-10H2,1H3,(H,17,20)(H,18,21)/t12-,13-,14-/m0/s1. The molecule has 1 fully saturated rings. The summed E-state index contributed by atoms with van der Waals surface area (Å²) in [6.07, 6.45) is 4.31. The third-order valence-electron chi connectivity index (χ3n) is 4.12. The van der Waals surface area contributed by atoms with E-state index >= 15 is 0 Å². The van der Waals surface area contributed by atoms with E-state index in [1.807, 2.05) is 13.0 Å². The van der Waals surface area contributed by atoms with Crippen LogP contribution in [0.15, 0.2) is 12.2 Å². The van der Waals surface area contributed by atoms with Gasteiger partial charge < -0.3 is 25.2 Å². The van der Waals surface area contributed by atoms with Crippen molar-refractivity contribution in [2.24, 2.45) is 5.92 Å². The number of carbonyl (C=O) groups excluding carboxylic acids is 2. The average Bonchev–Trinajstić information content (AvgIpc) is 2.57.